The molecule has 0 spiro atoms. The van der Waals surface area contributed by atoms with Crippen molar-refractivity contribution in [2.24, 2.45) is 21.8 Å². The highest BCUT2D eigenvalue weighted by Gasteiger charge is 2.39. The molecule has 4 heteroatoms. The lowest BCUT2D eigenvalue weighted by atomic mass is 9.71. The fourth-order valence-electron chi connectivity index (χ4n) is 2.57. The van der Waals surface area contributed by atoms with Gasteiger partial charge in [0.2, 0.25) is 12.2 Å². The van der Waals surface area contributed by atoms with Crippen molar-refractivity contribution in [3.8, 4) is 0 Å². The van der Waals surface area contributed by atoms with Crippen LogP contribution in [0.15, 0.2) is 9.98 Å². The molecule has 0 amide bonds. The summed E-state index contributed by atoms with van der Waals surface area (Å²) in [7, 11) is 0. The third-order valence-corrected chi connectivity index (χ3v) is 3.55. The molecule has 1 saturated carbocycles. The van der Waals surface area contributed by atoms with Gasteiger partial charge in [-0.15, -0.1) is 0 Å². The maximum absolute atomic E-state index is 10.4. The number of rotatable bonds is 3. The van der Waals surface area contributed by atoms with Gasteiger partial charge in [0.1, 0.15) is 0 Å². The standard InChI is InChI=1S/C12H18N2O2/c1-9(2)10-4-5-12(3,14-8-16)6-11(10)13-7-15/h9-11H,4-6H2,1-3H3. The monoisotopic (exact) mass is 222 g/mol. The van der Waals surface area contributed by atoms with Crippen LogP contribution in [-0.2, 0) is 9.59 Å². The van der Waals surface area contributed by atoms with E-state index in [1.807, 2.05) is 6.92 Å². The van der Waals surface area contributed by atoms with E-state index in [2.05, 4.69) is 23.8 Å². The minimum absolute atomic E-state index is 0.0617. The summed E-state index contributed by atoms with van der Waals surface area (Å²) < 4.78 is 0. The zero-order chi connectivity index (χ0) is 12.2. The molecule has 4 nitrogen and oxygen atoms in total. The Hall–Kier alpha value is -1.24. The van der Waals surface area contributed by atoms with Gasteiger partial charge in [-0.25, -0.2) is 14.6 Å². The van der Waals surface area contributed by atoms with Crippen molar-refractivity contribution in [1.82, 2.24) is 0 Å². The van der Waals surface area contributed by atoms with Crippen molar-refractivity contribution in [3.05, 3.63) is 0 Å². The summed E-state index contributed by atoms with van der Waals surface area (Å²) in [6.45, 7) is 6.18. The largest absolute Gasteiger partial charge is 0.235 e. The summed E-state index contributed by atoms with van der Waals surface area (Å²) in [4.78, 5) is 28.5. The molecule has 0 bridgehead atoms. The fraction of sp³-hybridized carbons (Fsp3) is 0.833. The zero-order valence-corrected chi connectivity index (χ0v) is 10.1. The van der Waals surface area contributed by atoms with Gasteiger partial charge < -0.3 is 0 Å². The van der Waals surface area contributed by atoms with Crippen LogP contribution in [0.5, 0.6) is 0 Å². The molecular weight excluding hydrogens is 204 g/mol. The highest BCUT2D eigenvalue weighted by atomic mass is 16.1. The number of hydrogen-bond donors (Lipinski definition) is 0. The third-order valence-electron chi connectivity index (χ3n) is 3.55. The lowest BCUT2D eigenvalue weighted by Crippen LogP contribution is -2.39. The minimum atomic E-state index is -0.405. The van der Waals surface area contributed by atoms with Crippen LogP contribution >= 0.6 is 0 Å². The second-order valence-electron chi connectivity index (χ2n) is 5.14. The first-order valence-electron chi connectivity index (χ1n) is 5.68. The van der Waals surface area contributed by atoms with Crippen LogP contribution < -0.4 is 0 Å². The Morgan fingerprint density at radius 2 is 2.00 bits per heavy atom. The molecular formula is C12H18N2O2. The van der Waals surface area contributed by atoms with Crippen LogP contribution in [0.1, 0.15) is 40.0 Å². The normalized spacial score (nSPS) is 34.0. The molecule has 0 aromatic carbocycles. The molecule has 1 aliphatic carbocycles. The average molecular weight is 222 g/mol. The van der Waals surface area contributed by atoms with E-state index in [9.17, 15) is 9.59 Å². The van der Waals surface area contributed by atoms with Crippen LogP contribution in [-0.4, -0.2) is 23.7 Å². The molecule has 0 aromatic heterocycles. The summed E-state index contributed by atoms with van der Waals surface area (Å²) in [5.41, 5.74) is -0.405. The number of carbonyl (C=O) groups excluding carboxylic acids is 2. The van der Waals surface area contributed by atoms with Crippen molar-refractivity contribution in [2.45, 2.75) is 51.6 Å². The van der Waals surface area contributed by atoms with Crippen molar-refractivity contribution in [2.75, 3.05) is 0 Å². The van der Waals surface area contributed by atoms with E-state index in [0.29, 0.717) is 18.3 Å². The summed E-state index contributed by atoms with van der Waals surface area (Å²) in [6, 6.07) is -0.0617. The van der Waals surface area contributed by atoms with Gasteiger partial charge in [0.25, 0.3) is 0 Å². The van der Waals surface area contributed by atoms with Crippen LogP contribution in [0.4, 0.5) is 0 Å². The summed E-state index contributed by atoms with van der Waals surface area (Å²) in [5.74, 6) is 0.864. The van der Waals surface area contributed by atoms with E-state index in [0.717, 1.165) is 12.8 Å². The predicted octanol–water partition coefficient (Wildman–Crippen LogP) is 2.24. The van der Waals surface area contributed by atoms with E-state index in [4.69, 9.17) is 0 Å². The first kappa shape index (κ1) is 12.8. The van der Waals surface area contributed by atoms with E-state index in [1.54, 1.807) is 12.2 Å². The van der Waals surface area contributed by atoms with Crippen LogP contribution in [0.3, 0.4) is 0 Å². The van der Waals surface area contributed by atoms with Crippen LogP contribution in [0.2, 0.25) is 0 Å². The molecule has 0 aliphatic heterocycles. The summed E-state index contributed by atoms with van der Waals surface area (Å²) >= 11 is 0. The van der Waals surface area contributed by atoms with Gasteiger partial charge in [-0.2, -0.15) is 4.99 Å². The highest BCUT2D eigenvalue weighted by molar-refractivity contribution is 5.36. The Labute approximate surface area is 95.9 Å². The van der Waals surface area contributed by atoms with Gasteiger partial charge in [0, 0.05) is 0 Å². The second kappa shape index (κ2) is 5.20. The van der Waals surface area contributed by atoms with Crippen molar-refractivity contribution >= 4 is 12.2 Å². The molecule has 88 valence electrons. The van der Waals surface area contributed by atoms with Gasteiger partial charge in [-0.3, -0.25) is 0 Å². The first-order chi connectivity index (χ1) is 7.52. The molecule has 0 aromatic rings. The van der Waals surface area contributed by atoms with E-state index < -0.39 is 5.54 Å². The molecule has 0 N–H and O–H groups in total. The minimum Gasteiger partial charge on any atom is -0.211 e. The average Bonchev–Trinajstić information content (AvgIpc) is 2.17. The van der Waals surface area contributed by atoms with E-state index in [-0.39, 0.29) is 6.04 Å². The molecule has 3 unspecified atom stereocenters. The molecule has 0 heterocycles. The molecule has 3 atom stereocenters. The molecule has 16 heavy (non-hydrogen) atoms. The lowest BCUT2D eigenvalue weighted by Gasteiger charge is -2.38. The lowest BCUT2D eigenvalue weighted by molar-refractivity contribution is 0.179. The predicted molar refractivity (Wildman–Crippen MR) is 60.6 cm³/mol. The molecule has 1 fully saturated rings. The zero-order valence-electron chi connectivity index (χ0n) is 10.1. The Morgan fingerprint density at radius 1 is 1.31 bits per heavy atom. The fourth-order valence-corrected chi connectivity index (χ4v) is 2.57. The van der Waals surface area contributed by atoms with Crippen molar-refractivity contribution < 1.29 is 9.59 Å². The Kier molecular flexibility index (Phi) is 4.17. The Balaban J connectivity index is 2.87. The number of aliphatic imine (C=N–C) groups is 2. The molecule has 0 saturated heterocycles. The molecule has 1 aliphatic rings. The van der Waals surface area contributed by atoms with E-state index >= 15 is 0 Å². The maximum Gasteiger partial charge on any atom is 0.235 e. The van der Waals surface area contributed by atoms with Crippen molar-refractivity contribution in [3.63, 3.8) is 0 Å². The van der Waals surface area contributed by atoms with Gasteiger partial charge in [-0.1, -0.05) is 13.8 Å². The summed E-state index contributed by atoms with van der Waals surface area (Å²) in [6.07, 6.45) is 5.69. The van der Waals surface area contributed by atoms with Gasteiger partial charge in [0.05, 0.1) is 11.6 Å². The van der Waals surface area contributed by atoms with Gasteiger partial charge in [0.15, 0.2) is 0 Å². The SMILES string of the molecule is CC(C)C1CCC(C)(N=C=O)CC1N=C=O. The number of isocyanates is 2. The van der Waals surface area contributed by atoms with Gasteiger partial charge in [-0.05, 0) is 38.0 Å². The number of nitrogens with zero attached hydrogens (tertiary/aromatic N) is 2. The maximum atomic E-state index is 10.4. The van der Waals surface area contributed by atoms with Crippen molar-refractivity contribution in [1.29, 1.82) is 0 Å². The van der Waals surface area contributed by atoms with Crippen LogP contribution in [0.25, 0.3) is 0 Å². The number of hydrogen-bond acceptors (Lipinski definition) is 4. The Bertz CT molecular complexity index is 341. The molecule has 0 radical (unpaired) electrons. The Morgan fingerprint density at radius 3 is 2.50 bits per heavy atom. The quantitative estimate of drug-likeness (QED) is 0.543. The topological polar surface area (TPSA) is 58.9 Å². The third kappa shape index (κ3) is 2.88. The highest BCUT2D eigenvalue weighted by Crippen LogP contribution is 2.39. The second-order valence-corrected chi connectivity index (χ2v) is 5.14. The molecule has 1 rings (SSSR count). The smallest absolute Gasteiger partial charge is 0.211 e. The summed E-state index contributed by atoms with van der Waals surface area (Å²) in [5, 5.41) is 0. The van der Waals surface area contributed by atoms with E-state index in [1.165, 1.54) is 0 Å². The van der Waals surface area contributed by atoms with Gasteiger partial charge >= 0.3 is 0 Å². The van der Waals surface area contributed by atoms with Crippen LogP contribution in [0, 0.1) is 11.8 Å². The first-order valence-corrected chi connectivity index (χ1v) is 5.68.